The molecule has 0 spiro atoms. The predicted molar refractivity (Wildman–Crippen MR) is 107 cm³/mol. The van der Waals surface area contributed by atoms with Gasteiger partial charge >= 0.3 is 0 Å². The van der Waals surface area contributed by atoms with Crippen molar-refractivity contribution < 1.29 is 14.3 Å². The van der Waals surface area contributed by atoms with Crippen LogP contribution in [-0.4, -0.2) is 36.4 Å². The third kappa shape index (κ3) is 5.88. The molecule has 0 aliphatic carbocycles. The summed E-state index contributed by atoms with van der Waals surface area (Å²) in [6.07, 6.45) is 0.465. The number of amides is 2. The Labute approximate surface area is 169 Å². The van der Waals surface area contributed by atoms with Crippen LogP contribution in [0, 0.1) is 0 Å². The molecule has 0 bridgehead atoms. The van der Waals surface area contributed by atoms with Crippen molar-refractivity contribution in [3.63, 3.8) is 0 Å². The summed E-state index contributed by atoms with van der Waals surface area (Å²) in [6, 6.07) is 13.4. The highest BCUT2D eigenvalue weighted by molar-refractivity contribution is 6.31. The Hall–Kier alpha value is -2.24. The monoisotopic (exact) mass is 408 g/mol. The van der Waals surface area contributed by atoms with Crippen LogP contribution in [0.5, 0.6) is 5.75 Å². The first-order chi connectivity index (χ1) is 13.0. The average Bonchev–Trinajstić information content (AvgIpc) is 2.67. The number of carbonyl (C=O) groups is 2. The lowest BCUT2D eigenvalue weighted by Gasteiger charge is -2.30. The first kappa shape index (κ1) is 21.1. The predicted octanol–water partition coefficient (Wildman–Crippen LogP) is 3.93. The molecule has 2 aromatic carbocycles. The van der Waals surface area contributed by atoms with Gasteiger partial charge in [0.25, 0.3) is 5.91 Å². The summed E-state index contributed by atoms with van der Waals surface area (Å²) < 4.78 is 5.57. The van der Waals surface area contributed by atoms with Crippen molar-refractivity contribution in [3.8, 4) is 5.75 Å². The van der Waals surface area contributed by atoms with Crippen molar-refractivity contribution in [2.45, 2.75) is 25.9 Å². The fourth-order valence-corrected chi connectivity index (χ4v) is 3.06. The van der Waals surface area contributed by atoms with Crippen molar-refractivity contribution in [2.24, 2.45) is 0 Å². The van der Waals surface area contributed by atoms with E-state index in [1.54, 1.807) is 37.4 Å². The van der Waals surface area contributed by atoms with Crippen LogP contribution in [0.15, 0.2) is 48.5 Å². The second kappa shape index (κ2) is 10.2. The van der Waals surface area contributed by atoms with Gasteiger partial charge in [0.15, 0.2) is 6.61 Å². The van der Waals surface area contributed by atoms with Gasteiger partial charge in [-0.2, -0.15) is 0 Å². The largest absolute Gasteiger partial charge is 0.484 e. The van der Waals surface area contributed by atoms with E-state index >= 15 is 0 Å². The van der Waals surface area contributed by atoms with Gasteiger partial charge in [-0.05, 0) is 36.2 Å². The number of nitrogens with one attached hydrogen (secondary N) is 1. The topological polar surface area (TPSA) is 58.6 Å². The van der Waals surface area contributed by atoms with Crippen LogP contribution in [0.1, 0.15) is 18.9 Å². The van der Waals surface area contributed by atoms with Gasteiger partial charge in [0, 0.05) is 23.6 Å². The zero-order valence-electron chi connectivity index (χ0n) is 15.2. The molecule has 144 valence electrons. The van der Waals surface area contributed by atoms with Gasteiger partial charge in [-0.1, -0.05) is 54.4 Å². The van der Waals surface area contributed by atoms with E-state index in [9.17, 15) is 9.59 Å². The summed E-state index contributed by atoms with van der Waals surface area (Å²) in [6.45, 7) is 1.85. The van der Waals surface area contributed by atoms with Crippen molar-refractivity contribution >= 4 is 35.0 Å². The number of carbonyl (C=O) groups excluding carboxylic acids is 2. The van der Waals surface area contributed by atoms with Crippen molar-refractivity contribution in [2.75, 3.05) is 13.7 Å². The van der Waals surface area contributed by atoms with E-state index < -0.39 is 6.04 Å². The van der Waals surface area contributed by atoms with E-state index in [0.29, 0.717) is 22.2 Å². The summed E-state index contributed by atoms with van der Waals surface area (Å²) in [7, 11) is 1.55. The Morgan fingerprint density at radius 3 is 2.52 bits per heavy atom. The number of benzene rings is 2. The molecule has 0 saturated carbocycles. The molecule has 27 heavy (non-hydrogen) atoms. The first-order valence-electron chi connectivity index (χ1n) is 8.59. The Morgan fingerprint density at radius 1 is 1.15 bits per heavy atom. The van der Waals surface area contributed by atoms with Crippen LogP contribution in [0.4, 0.5) is 0 Å². The summed E-state index contributed by atoms with van der Waals surface area (Å²) >= 11 is 12.2. The zero-order chi connectivity index (χ0) is 19.8. The van der Waals surface area contributed by atoms with E-state index in [1.807, 2.05) is 25.1 Å². The lowest BCUT2D eigenvalue weighted by atomic mass is 10.1. The quantitative estimate of drug-likeness (QED) is 0.719. The maximum absolute atomic E-state index is 12.9. The third-order valence-electron chi connectivity index (χ3n) is 4.09. The first-order valence-corrected chi connectivity index (χ1v) is 9.34. The van der Waals surface area contributed by atoms with Gasteiger partial charge in [-0.3, -0.25) is 9.59 Å². The molecule has 2 aromatic rings. The second-order valence-electron chi connectivity index (χ2n) is 5.90. The highest BCUT2D eigenvalue weighted by Gasteiger charge is 2.28. The minimum absolute atomic E-state index is 0.210. The lowest BCUT2D eigenvalue weighted by Crippen LogP contribution is -2.49. The molecule has 0 aliphatic heterocycles. The van der Waals surface area contributed by atoms with Crippen molar-refractivity contribution in [1.29, 1.82) is 0 Å². The standard InChI is InChI=1S/C20H22Cl2N2O3/c1-3-18(20(26)23-2)24(12-14-7-4-5-10-17(14)22)19(25)13-27-16-9-6-8-15(21)11-16/h4-11,18H,3,12-13H2,1-2H3,(H,23,26)/t18-/m0/s1. The van der Waals surface area contributed by atoms with Gasteiger partial charge in [-0.15, -0.1) is 0 Å². The van der Waals surface area contributed by atoms with Crippen LogP contribution in [0.2, 0.25) is 10.0 Å². The normalized spacial score (nSPS) is 11.6. The van der Waals surface area contributed by atoms with E-state index in [4.69, 9.17) is 27.9 Å². The number of rotatable bonds is 8. The summed E-state index contributed by atoms with van der Waals surface area (Å²) in [5.74, 6) is -0.0625. The molecule has 0 fully saturated rings. The number of hydrogen-bond acceptors (Lipinski definition) is 3. The summed E-state index contributed by atoms with van der Waals surface area (Å²) in [5, 5.41) is 3.67. The molecule has 5 nitrogen and oxygen atoms in total. The van der Waals surface area contributed by atoms with Gasteiger partial charge in [-0.25, -0.2) is 0 Å². The van der Waals surface area contributed by atoms with Gasteiger partial charge in [0.1, 0.15) is 11.8 Å². The van der Waals surface area contributed by atoms with Crippen LogP contribution in [0.3, 0.4) is 0 Å². The average molecular weight is 409 g/mol. The summed E-state index contributed by atoms with van der Waals surface area (Å²) in [5.41, 5.74) is 0.762. The van der Waals surface area contributed by atoms with E-state index in [-0.39, 0.29) is 25.0 Å². The fourth-order valence-electron chi connectivity index (χ4n) is 2.68. The molecular weight excluding hydrogens is 387 g/mol. The minimum atomic E-state index is -0.623. The molecule has 0 unspecified atom stereocenters. The Morgan fingerprint density at radius 2 is 1.89 bits per heavy atom. The molecule has 2 rings (SSSR count). The number of ether oxygens (including phenoxy) is 1. The van der Waals surface area contributed by atoms with E-state index in [2.05, 4.69) is 5.32 Å². The third-order valence-corrected chi connectivity index (χ3v) is 4.69. The number of halogens is 2. The van der Waals surface area contributed by atoms with Gasteiger partial charge < -0.3 is 15.0 Å². The van der Waals surface area contributed by atoms with Gasteiger partial charge in [0.05, 0.1) is 0 Å². The molecule has 1 N–H and O–H groups in total. The number of nitrogens with zero attached hydrogens (tertiary/aromatic N) is 1. The fraction of sp³-hybridized carbons (Fsp3) is 0.300. The molecule has 7 heteroatoms. The number of hydrogen-bond donors (Lipinski definition) is 1. The van der Waals surface area contributed by atoms with Gasteiger partial charge in [0.2, 0.25) is 5.91 Å². The molecule has 0 heterocycles. The second-order valence-corrected chi connectivity index (χ2v) is 6.74. The molecule has 1 atom stereocenters. The maximum Gasteiger partial charge on any atom is 0.261 e. The van der Waals surface area contributed by atoms with Crippen LogP contribution < -0.4 is 10.1 Å². The SMILES string of the molecule is CC[C@@H](C(=O)NC)N(Cc1ccccc1Cl)C(=O)COc1cccc(Cl)c1. The van der Waals surface area contributed by atoms with Crippen LogP contribution >= 0.6 is 23.2 Å². The zero-order valence-corrected chi connectivity index (χ0v) is 16.8. The van der Waals surface area contributed by atoms with Crippen LogP contribution in [-0.2, 0) is 16.1 Å². The smallest absolute Gasteiger partial charge is 0.261 e. The lowest BCUT2D eigenvalue weighted by molar-refractivity contribution is -0.142. The van der Waals surface area contributed by atoms with Crippen molar-refractivity contribution in [3.05, 3.63) is 64.1 Å². The highest BCUT2D eigenvalue weighted by atomic mass is 35.5. The minimum Gasteiger partial charge on any atom is -0.484 e. The van der Waals surface area contributed by atoms with Crippen LogP contribution in [0.25, 0.3) is 0 Å². The Bertz CT molecular complexity index is 798. The van der Waals surface area contributed by atoms with Crippen molar-refractivity contribution in [1.82, 2.24) is 10.2 Å². The number of likely N-dealkylation sites (N-methyl/N-ethyl adjacent to an activating group) is 1. The molecule has 0 radical (unpaired) electrons. The molecule has 0 aromatic heterocycles. The molecule has 0 aliphatic rings. The van der Waals surface area contributed by atoms with E-state index in [0.717, 1.165) is 5.56 Å². The van der Waals surface area contributed by atoms with E-state index in [1.165, 1.54) is 4.90 Å². The molecular formula is C20H22Cl2N2O3. The Balaban J connectivity index is 2.20. The maximum atomic E-state index is 12.9. The highest BCUT2D eigenvalue weighted by Crippen LogP contribution is 2.21. The summed E-state index contributed by atoms with van der Waals surface area (Å²) in [4.78, 5) is 26.7. The Kier molecular flexibility index (Phi) is 7.95. The molecule has 2 amide bonds. The molecule has 0 saturated heterocycles.